The summed E-state index contributed by atoms with van der Waals surface area (Å²) in [5.41, 5.74) is 2.26. The first-order chi connectivity index (χ1) is 11.5. The Bertz CT molecular complexity index is 785. The Morgan fingerprint density at radius 3 is 2.00 bits per heavy atom. The third-order valence-electron chi connectivity index (χ3n) is 4.56. The second-order valence-electron chi connectivity index (χ2n) is 6.43. The molecule has 25 heavy (non-hydrogen) atoms. The van der Waals surface area contributed by atoms with Gasteiger partial charge in [-0.25, -0.2) is 8.42 Å². The van der Waals surface area contributed by atoms with Crippen molar-refractivity contribution in [1.82, 2.24) is 0 Å². The van der Waals surface area contributed by atoms with E-state index in [1.54, 1.807) is 18.2 Å². The molecule has 2 rings (SSSR count). The van der Waals surface area contributed by atoms with Crippen LogP contribution < -0.4 is 29.6 Å². The second-order valence-corrected chi connectivity index (χ2v) is 7.77. The summed E-state index contributed by atoms with van der Waals surface area (Å²) in [6, 6.07) is 9.06. The van der Waals surface area contributed by atoms with E-state index < -0.39 is 10.1 Å². The number of fused-ring (bicyclic) bond motifs is 1. The zero-order valence-electron chi connectivity index (χ0n) is 15.7. The van der Waals surface area contributed by atoms with Crippen LogP contribution in [0, 0.1) is 0 Å². The minimum Gasteiger partial charge on any atom is -0.744 e. The smallest absolute Gasteiger partial charge is 0.744 e. The molecule has 2 aromatic rings. The summed E-state index contributed by atoms with van der Waals surface area (Å²) in [7, 11) is -4.47. The van der Waals surface area contributed by atoms with E-state index in [2.05, 4.69) is 13.8 Å². The summed E-state index contributed by atoms with van der Waals surface area (Å²) in [4.78, 5) is -0.0659. The van der Waals surface area contributed by atoms with E-state index in [9.17, 15) is 13.0 Å². The average Bonchev–Trinajstić information content (AvgIpc) is 2.55. The molecular weight excluding hydrogens is 343 g/mol. The Morgan fingerprint density at radius 2 is 1.44 bits per heavy atom. The molecule has 0 aliphatic carbocycles. The van der Waals surface area contributed by atoms with Crippen LogP contribution in [0.15, 0.2) is 35.2 Å². The molecule has 0 saturated carbocycles. The van der Waals surface area contributed by atoms with Gasteiger partial charge in [-0.1, -0.05) is 63.8 Å². The molecule has 0 aliphatic heterocycles. The maximum Gasteiger partial charge on any atom is 1.00 e. The van der Waals surface area contributed by atoms with Gasteiger partial charge in [0, 0.05) is 0 Å². The average molecular weight is 370 g/mol. The summed E-state index contributed by atoms with van der Waals surface area (Å²) in [5.74, 6) is 0. The molecule has 0 heterocycles. The van der Waals surface area contributed by atoms with E-state index >= 15 is 0 Å². The Balaban J connectivity index is 0.00000312. The molecule has 0 aromatic heterocycles. The minimum atomic E-state index is -4.47. The number of hydrogen-bond acceptors (Lipinski definition) is 3. The maximum absolute atomic E-state index is 11.7. The summed E-state index contributed by atoms with van der Waals surface area (Å²) < 4.78 is 35.2. The maximum atomic E-state index is 11.7. The van der Waals surface area contributed by atoms with Gasteiger partial charge < -0.3 is 4.55 Å². The van der Waals surface area contributed by atoms with Crippen LogP contribution in [0.2, 0.25) is 0 Å². The van der Waals surface area contributed by atoms with Crippen LogP contribution in [0.1, 0.15) is 63.5 Å². The summed E-state index contributed by atoms with van der Waals surface area (Å²) in [5, 5.41) is 1.50. The molecule has 0 fully saturated rings. The van der Waals surface area contributed by atoms with Crippen molar-refractivity contribution in [2.24, 2.45) is 0 Å². The van der Waals surface area contributed by atoms with Gasteiger partial charge in [-0.05, 0) is 53.6 Å². The topological polar surface area (TPSA) is 57.2 Å². The van der Waals surface area contributed by atoms with Crippen LogP contribution >= 0.6 is 0 Å². The number of unbranched alkanes of at least 4 members (excludes halogenated alkanes) is 4. The Morgan fingerprint density at radius 1 is 0.880 bits per heavy atom. The molecule has 0 atom stereocenters. The molecular formula is C20H27NaO3S. The van der Waals surface area contributed by atoms with Crippen molar-refractivity contribution in [2.45, 2.75) is 70.1 Å². The van der Waals surface area contributed by atoms with Gasteiger partial charge in [0.25, 0.3) is 0 Å². The molecule has 0 aliphatic rings. The summed E-state index contributed by atoms with van der Waals surface area (Å²) in [6.45, 7) is 4.32. The van der Waals surface area contributed by atoms with Crippen LogP contribution in [-0.2, 0) is 23.0 Å². The molecule has 0 unspecified atom stereocenters. The molecule has 0 radical (unpaired) electrons. The van der Waals surface area contributed by atoms with E-state index in [4.69, 9.17) is 0 Å². The third kappa shape index (κ3) is 6.07. The molecule has 0 spiro atoms. The van der Waals surface area contributed by atoms with Crippen LogP contribution in [-0.4, -0.2) is 13.0 Å². The number of hydrogen-bond donors (Lipinski definition) is 0. The van der Waals surface area contributed by atoms with Crippen molar-refractivity contribution < 1.29 is 42.5 Å². The van der Waals surface area contributed by atoms with E-state index in [-0.39, 0.29) is 34.5 Å². The van der Waals surface area contributed by atoms with Crippen LogP contribution in [0.25, 0.3) is 10.8 Å². The van der Waals surface area contributed by atoms with Gasteiger partial charge in [-0.2, -0.15) is 0 Å². The predicted octanol–water partition coefficient (Wildman–Crippen LogP) is 2.21. The van der Waals surface area contributed by atoms with Crippen molar-refractivity contribution in [2.75, 3.05) is 0 Å². The summed E-state index contributed by atoms with van der Waals surface area (Å²) >= 11 is 0. The van der Waals surface area contributed by atoms with E-state index in [1.165, 1.54) is 5.56 Å². The van der Waals surface area contributed by atoms with E-state index in [0.29, 0.717) is 5.39 Å². The van der Waals surface area contributed by atoms with Crippen LogP contribution in [0.3, 0.4) is 0 Å². The quantitative estimate of drug-likeness (QED) is 0.386. The molecule has 0 amide bonds. The molecule has 0 bridgehead atoms. The molecule has 132 valence electrons. The van der Waals surface area contributed by atoms with Crippen molar-refractivity contribution in [3.8, 4) is 0 Å². The van der Waals surface area contributed by atoms with Crippen molar-refractivity contribution >= 4 is 20.9 Å². The zero-order valence-corrected chi connectivity index (χ0v) is 18.5. The first-order valence-corrected chi connectivity index (χ1v) is 10.4. The molecule has 5 heteroatoms. The largest absolute Gasteiger partial charge is 1.00 e. The first-order valence-electron chi connectivity index (χ1n) is 8.98. The predicted molar refractivity (Wildman–Crippen MR) is 98.4 cm³/mol. The number of aryl methyl sites for hydroxylation is 2. The fourth-order valence-corrected chi connectivity index (χ4v) is 4.03. The SMILES string of the molecule is CCCCCc1cc(S(=O)(=O)[O-])c2ccccc2c1CCCCC.[Na+]. The first kappa shape index (κ1) is 22.7. The Kier molecular flexibility index (Phi) is 9.68. The monoisotopic (exact) mass is 370 g/mol. The van der Waals surface area contributed by atoms with Gasteiger partial charge in [0.2, 0.25) is 0 Å². The number of benzene rings is 2. The standard InChI is InChI=1S/C20H28O3S.Na/c1-3-5-7-11-16-15-20(24(21,22)23)19-14-10-9-13-18(19)17(16)12-8-6-4-2;/h9-10,13-15H,3-8,11-12H2,1-2H3,(H,21,22,23);/q;+1/p-1. The van der Waals surface area contributed by atoms with Gasteiger partial charge in [-0.15, -0.1) is 0 Å². The van der Waals surface area contributed by atoms with Gasteiger partial charge in [-0.3, -0.25) is 0 Å². The molecule has 0 saturated heterocycles. The van der Waals surface area contributed by atoms with Crippen molar-refractivity contribution in [1.29, 1.82) is 0 Å². The fraction of sp³-hybridized carbons (Fsp3) is 0.500. The van der Waals surface area contributed by atoms with Gasteiger partial charge >= 0.3 is 29.6 Å². The second kappa shape index (κ2) is 10.7. The van der Waals surface area contributed by atoms with E-state index in [1.807, 2.05) is 12.1 Å². The number of rotatable bonds is 9. The zero-order chi connectivity index (χ0) is 17.6. The van der Waals surface area contributed by atoms with Gasteiger partial charge in [0.05, 0.1) is 4.90 Å². The fourth-order valence-electron chi connectivity index (χ4n) is 3.30. The van der Waals surface area contributed by atoms with Crippen molar-refractivity contribution in [3.63, 3.8) is 0 Å². The Labute approximate surface area is 174 Å². The van der Waals surface area contributed by atoms with Crippen molar-refractivity contribution in [3.05, 3.63) is 41.5 Å². The molecule has 3 nitrogen and oxygen atoms in total. The Hall–Kier alpha value is -0.390. The molecule has 2 aromatic carbocycles. The van der Waals surface area contributed by atoms with Gasteiger partial charge in [0.1, 0.15) is 10.1 Å². The van der Waals surface area contributed by atoms with E-state index in [0.717, 1.165) is 62.3 Å². The van der Waals surface area contributed by atoms with Gasteiger partial charge in [0.15, 0.2) is 0 Å². The third-order valence-corrected chi connectivity index (χ3v) is 5.44. The normalized spacial score (nSPS) is 11.5. The minimum absolute atomic E-state index is 0. The summed E-state index contributed by atoms with van der Waals surface area (Å²) in [6.07, 6.45) is 8.42. The van der Waals surface area contributed by atoms with Crippen LogP contribution in [0.4, 0.5) is 0 Å². The van der Waals surface area contributed by atoms with Crippen LogP contribution in [0.5, 0.6) is 0 Å². The molecule has 0 N–H and O–H groups in total.